The van der Waals surface area contributed by atoms with E-state index in [9.17, 15) is 4.79 Å². The molecule has 0 bridgehead atoms. The van der Waals surface area contributed by atoms with Crippen molar-refractivity contribution in [2.75, 3.05) is 13.7 Å². The quantitative estimate of drug-likeness (QED) is 0.395. The van der Waals surface area contributed by atoms with Crippen LogP contribution in [0.25, 0.3) is 5.70 Å². The van der Waals surface area contributed by atoms with Crippen molar-refractivity contribution in [3.63, 3.8) is 0 Å². The molecule has 5 heteroatoms. The third kappa shape index (κ3) is 3.83. The summed E-state index contributed by atoms with van der Waals surface area (Å²) in [6.07, 6.45) is 4.00. The molecule has 2 rings (SSSR count). The van der Waals surface area contributed by atoms with Gasteiger partial charge in [0, 0.05) is 39.8 Å². The molecule has 105 valence electrons. The minimum absolute atomic E-state index is 0. The first-order chi connectivity index (χ1) is 9.04. The zero-order chi connectivity index (χ0) is 14.0. The van der Waals surface area contributed by atoms with Crippen molar-refractivity contribution in [2.45, 2.75) is 24.2 Å². The molecule has 1 heterocycles. The molecule has 0 saturated heterocycles. The largest absolute Gasteiger partial charge is 0.494 e. The van der Waals surface area contributed by atoms with Gasteiger partial charge in [-0.15, -0.1) is 22.9 Å². The summed E-state index contributed by atoms with van der Waals surface area (Å²) in [7, 11) is 1.81. The molecule has 1 aliphatic heterocycles. The third-order valence-electron chi connectivity index (χ3n) is 3.15. The molecule has 0 saturated carbocycles. The number of hydrogen-bond acceptors (Lipinski definition) is 2. The summed E-state index contributed by atoms with van der Waals surface area (Å²) in [5.74, 6) is 1.00. The van der Waals surface area contributed by atoms with Crippen LogP contribution in [0.15, 0.2) is 18.2 Å². The average Bonchev–Trinajstić information content (AvgIpc) is 2.38. The van der Waals surface area contributed by atoms with E-state index in [2.05, 4.69) is 28.7 Å². The molecule has 1 radical (unpaired) electrons. The van der Waals surface area contributed by atoms with Crippen molar-refractivity contribution in [1.82, 2.24) is 4.90 Å². The van der Waals surface area contributed by atoms with E-state index in [1.54, 1.807) is 4.90 Å². The topological polar surface area (TPSA) is 29.5 Å². The van der Waals surface area contributed by atoms with E-state index in [-0.39, 0.29) is 42.5 Å². The number of allylic oxidation sites excluding steroid dienone is 1. The Kier molecular flexibility index (Phi) is 7.15. The van der Waals surface area contributed by atoms with Crippen molar-refractivity contribution in [3.05, 3.63) is 35.4 Å². The van der Waals surface area contributed by atoms with Crippen LogP contribution in [-0.2, 0) is 37.5 Å². The van der Waals surface area contributed by atoms with Crippen LogP contribution in [0.4, 0.5) is 0 Å². The van der Waals surface area contributed by atoms with E-state index in [1.807, 2.05) is 39.1 Å². The van der Waals surface area contributed by atoms with Crippen molar-refractivity contribution in [3.8, 4) is 5.75 Å². The van der Waals surface area contributed by atoms with Crippen LogP contribution in [0.5, 0.6) is 5.75 Å². The molecule has 3 nitrogen and oxygen atoms in total. The molecular formula is C15H17INO2Y-. The summed E-state index contributed by atoms with van der Waals surface area (Å²) in [5, 5.41) is 0. The average molecular weight is 459 g/mol. The fraction of sp³-hybridized carbons (Fsp3) is 0.400. The monoisotopic (exact) mass is 459 g/mol. The van der Waals surface area contributed by atoms with Gasteiger partial charge in [-0.25, -0.2) is 6.08 Å². The summed E-state index contributed by atoms with van der Waals surface area (Å²) < 4.78 is 5.48. The van der Waals surface area contributed by atoms with Gasteiger partial charge < -0.3 is 9.64 Å². The van der Waals surface area contributed by atoms with Gasteiger partial charge in [-0.1, -0.05) is 35.9 Å². The molecule has 1 amide bonds. The number of alkyl halides is 1. The number of carbonyl (C=O) groups is 1. The first-order valence-corrected chi connectivity index (χ1v) is 7.55. The maximum atomic E-state index is 12.0. The molecule has 1 unspecified atom stereocenters. The minimum Gasteiger partial charge on any atom is -0.494 e. The Morgan fingerprint density at radius 3 is 2.80 bits per heavy atom. The predicted octanol–water partition coefficient (Wildman–Crippen LogP) is 3.20. The Morgan fingerprint density at radius 1 is 1.50 bits per heavy atom. The Morgan fingerprint density at radius 2 is 2.20 bits per heavy atom. The predicted molar refractivity (Wildman–Crippen MR) is 84.2 cm³/mol. The van der Waals surface area contributed by atoms with Gasteiger partial charge in [0.2, 0.25) is 5.91 Å². The van der Waals surface area contributed by atoms with Crippen LogP contribution >= 0.6 is 22.6 Å². The van der Waals surface area contributed by atoms with Crippen molar-refractivity contribution in [2.24, 2.45) is 0 Å². The van der Waals surface area contributed by atoms with Gasteiger partial charge in [0.1, 0.15) is 5.75 Å². The summed E-state index contributed by atoms with van der Waals surface area (Å²) in [5.41, 5.74) is 3.01. The number of hydrogen-bond donors (Lipinski definition) is 0. The molecule has 1 aromatic rings. The molecule has 0 aromatic heterocycles. The summed E-state index contributed by atoms with van der Waals surface area (Å²) in [6.45, 7) is 4.65. The molecule has 1 aliphatic rings. The van der Waals surface area contributed by atoms with Crippen molar-refractivity contribution in [1.29, 1.82) is 0 Å². The van der Waals surface area contributed by atoms with Crippen LogP contribution in [0, 0.1) is 13.0 Å². The molecule has 0 N–H and O–H groups in total. The second-order valence-electron chi connectivity index (χ2n) is 4.50. The molecule has 0 aliphatic carbocycles. The van der Waals surface area contributed by atoms with E-state index < -0.39 is 0 Å². The summed E-state index contributed by atoms with van der Waals surface area (Å²) in [4.78, 5) is 13.7. The zero-order valence-electron chi connectivity index (χ0n) is 11.9. The van der Waals surface area contributed by atoms with Gasteiger partial charge in [0.25, 0.3) is 0 Å². The second-order valence-corrected chi connectivity index (χ2v) is 6.01. The second kappa shape index (κ2) is 7.90. The Balaban J connectivity index is 0.00000200. The van der Waals surface area contributed by atoms with Crippen LogP contribution in [0.3, 0.4) is 0 Å². The van der Waals surface area contributed by atoms with Crippen molar-refractivity contribution >= 4 is 34.2 Å². The van der Waals surface area contributed by atoms with E-state index >= 15 is 0 Å². The first-order valence-electron chi connectivity index (χ1n) is 6.31. The molecule has 20 heavy (non-hydrogen) atoms. The molecule has 0 spiro atoms. The van der Waals surface area contributed by atoms with E-state index in [1.165, 1.54) is 0 Å². The van der Waals surface area contributed by atoms with E-state index in [0.717, 1.165) is 22.6 Å². The Hall–Kier alpha value is 0.0639. The molecule has 1 atom stereocenters. The van der Waals surface area contributed by atoms with Crippen LogP contribution < -0.4 is 4.74 Å². The summed E-state index contributed by atoms with van der Waals surface area (Å²) >= 11 is 2.17. The standard InChI is InChI=1S/C15H17INO2.Y/c1-4-19-11-5-6-12(10(2)9-11)14-8-7-13(16)15(18)17(14)3;/h5-6,9,13H,4,7H2,1-3H3;/q-1;. The zero-order valence-corrected chi connectivity index (χ0v) is 16.9. The summed E-state index contributed by atoms with van der Waals surface area (Å²) in [6, 6.07) is 5.94. The molecular weight excluding hydrogens is 442 g/mol. The Labute approximate surface area is 159 Å². The van der Waals surface area contributed by atoms with Gasteiger partial charge in [0.05, 0.1) is 10.5 Å². The van der Waals surface area contributed by atoms with Gasteiger partial charge in [-0.3, -0.25) is 4.79 Å². The number of nitrogens with zero attached hydrogens (tertiary/aromatic N) is 1. The number of halogens is 1. The fourth-order valence-electron chi connectivity index (χ4n) is 2.15. The van der Waals surface area contributed by atoms with Crippen molar-refractivity contribution < 1.29 is 42.2 Å². The van der Waals surface area contributed by atoms with Gasteiger partial charge in [-0.05, 0) is 19.1 Å². The van der Waals surface area contributed by atoms with E-state index in [0.29, 0.717) is 13.0 Å². The normalized spacial score (nSPS) is 18.4. The molecule has 1 aromatic carbocycles. The van der Waals surface area contributed by atoms with Crippen LogP contribution in [0.1, 0.15) is 24.5 Å². The number of carbonyl (C=O) groups excluding carboxylic acids is 1. The number of benzene rings is 1. The molecule has 0 fully saturated rings. The van der Waals surface area contributed by atoms with Gasteiger partial charge in [-0.2, -0.15) is 0 Å². The Bertz CT molecular complexity index is 531. The van der Waals surface area contributed by atoms with Gasteiger partial charge in [0.15, 0.2) is 0 Å². The SMILES string of the molecule is CCOc1ccc(C2=[C-]CC(I)C(=O)N2C)c(C)c1.[Y]. The fourth-order valence-corrected chi connectivity index (χ4v) is 2.78. The smallest absolute Gasteiger partial charge is 0.235 e. The van der Waals surface area contributed by atoms with Crippen LogP contribution in [-0.4, -0.2) is 28.4 Å². The number of rotatable bonds is 3. The number of aryl methyl sites for hydroxylation is 1. The minimum atomic E-state index is -0.00523. The number of amides is 1. The number of ether oxygens (including phenoxy) is 1. The first kappa shape index (κ1) is 18.1. The maximum absolute atomic E-state index is 12.0. The van der Waals surface area contributed by atoms with Crippen LogP contribution in [0.2, 0.25) is 0 Å². The maximum Gasteiger partial charge on any atom is 0.235 e. The van der Waals surface area contributed by atoms with E-state index in [4.69, 9.17) is 4.74 Å². The third-order valence-corrected chi connectivity index (χ3v) is 4.12. The van der Waals surface area contributed by atoms with Gasteiger partial charge >= 0.3 is 0 Å².